The van der Waals surface area contributed by atoms with E-state index in [0.29, 0.717) is 25.3 Å². The highest BCUT2D eigenvalue weighted by Crippen LogP contribution is 2.47. The molecule has 0 spiro atoms. The van der Waals surface area contributed by atoms with Gasteiger partial charge in [0.2, 0.25) is 11.8 Å². The van der Waals surface area contributed by atoms with Crippen LogP contribution in [-0.2, 0) is 29.6 Å². The van der Waals surface area contributed by atoms with Crippen LogP contribution in [0.1, 0.15) is 68.1 Å². The maximum absolute atomic E-state index is 14.2. The van der Waals surface area contributed by atoms with Crippen LogP contribution in [0, 0.1) is 11.8 Å². The molecule has 10 heteroatoms. The summed E-state index contributed by atoms with van der Waals surface area (Å²) in [4.78, 5) is 37.2. The molecular weight excluding hydrogens is 530 g/mol. The number of carbonyl (C=O) groups is 2. The van der Waals surface area contributed by atoms with E-state index in [9.17, 15) is 9.59 Å². The smallest absolute Gasteiger partial charge is 0.245 e. The lowest BCUT2D eigenvalue weighted by Gasteiger charge is -2.46. The standard InChI is InChI=1S/C32H39N7O3/c1-37-24-9-6-19(13-22(24)17-36-37)16-35-31(40)25-14-21(15-27-34-18-26(42-27)20-7-8-20)29-30(38-11-2-3-12-38)23-5-4-10-33-28(23)32(41)39(25)29/h6,9,13,17-18,20-21,23,25,28,33H,2-5,7-8,10-12,14-16H2,1H3,(H,35,40)/t21-,23-,25-,28+/m0/s1. The maximum Gasteiger partial charge on any atom is 0.245 e. The molecule has 8 rings (SSSR count). The number of nitrogens with zero attached hydrogens (tertiary/aromatic N) is 5. The number of benzene rings is 1. The highest BCUT2D eigenvalue weighted by molar-refractivity contribution is 5.94. The van der Waals surface area contributed by atoms with Gasteiger partial charge in [0.25, 0.3) is 0 Å². The van der Waals surface area contributed by atoms with Crippen LogP contribution in [0.25, 0.3) is 10.9 Å². The van der Waals surface area contributed by atoms with Gasteiger partial charge in [0.15, 0.2) is 5.89 Å². The minimum atomic E-state index is -0.556. The first-order valence-electron chi connectivity index (χ1n) is 15.7. The highest BCUT2D eigenvalue weighted by Gasteiger charge is 2.54. The number of fused-ring (bicyclic) bond motifs is 3. The zero-order valence-corrected chi connectivity index (χ0v) is 24.2. The number of piperidine rings is 1. The van der Waals surface area contributed by atoms with E-state index in [1.807, 2.05) is 41.2 Å². The minimum Gasteiger partial charge on any atom is -0.445 e. The van der Waals surface area contributed by atoms with Gasteiger partial charge in [-0.2, -0.15) is 5.10 Å². The molecule has 0 unspecified atom stereocenters. The van der Waals surface area contributed by atoms with Crippen LogP contribution in [0.15, 0.2) is 46.4 Å². The summed E-state index contributed by atoms with van der Waals surface area (Å²) in [5.41, 5.74) is 4.41. The van der Waals surface area contributed by atoms with Crippen LogP contribution in [0.5, 0.6) is 0 Å². The number of amides is 2. The molecule has 1 saturated carbocycles. The Balaban J connectivity index is 1.12. The van der Waals surface area contributed by atoms with Crippen LogP contribution in [0.4, 0.5) is 0 Å². The molecular formula is C32H39N7O3. The molecule has 220 valence electrons. The van der Waals surface area contributed by atoms with Gasteiger partial charge in [-0.1, -0.05) is 6.07 Å². The Labute approximate surface area is 245 Å². The van der Waals surface area contributed by atoms with Gasteiger partial charge < -0.3 is 24.9 Å². The third kappa shape index (κ3) is 4.42. The van der Waals surface area contributed by atoms with E-state index in [4.69, 9.17) is 4.42 Å². The summed E-state index contributed by atoms with van der Waals surface area (Å²) >= 11 is 0. The summed E-state index contributed by atoms with van der Waals surface area (Å²) in [7, 11) is 1.92. The van der Waals surface area contributed by atoms with Crippen LogP contribution in [-0.4, -0.2) is 68.1 Å². The summed E-state index contributed by atoms with van der Waals surface area (Å²) in [6.45, 7) is 3.26. The third-order valence-corrected chi connectivity index (χ3v) is 10.0. The van der Waals surface area contributed by atoms with Crippen LogP contribution in [0.3, 0.4) is 0 Å². The van der Waals surface area contributed by atoms with E-state index in [2.05, 4.69) is 31.7 Å². The van der Waals surface area contributed by atoms with Crippen molar-refractivity contribution < 1.29 is 14.0 Å². The maximum atomic E-state index is 14.2. The van der Waals surface area contributed by atoms with Crippen molar-refractivity contribution in [3.05, 3.63) is 59.2 Å². The number of allylic oxidation sites excluding steroid dienone is 1. The van der Waals surface area contributed by atoms with E-state index in [0.717, 1.165) is 92.0 Å². The molecule has 6 heterocycles. The van der Waals surface area contributed by atoms with Gasteiger partial charge in [0.1, 0.15) is 11.8 Å². The number of rotatable bonds is 7. The van der Waals surface area contributed by atoms with Gasteiger partial charge in [0.05, 0.1) is 24.0 Å². The number of hydrogen-bond acceptors (Lipinski definition) is 7. The van der Waals surface area contributed by atoms with E-state index < -0.39 is 6.04 Å². The lowest BCUT2D eigenvalue weighted by atomic mass is 9.81. The lowest BCUT2D eigenvalue weighted by Crippen LogP contribution is -2.60. The molecule has 1 aliphatic carbocycles. The lowest BCUT2D eigenvalue weighted by molar-refractivity contribution is -0.141. The number of carbonyl (C=O) groups excluding carboxylic acids is 2. The van der Waals surface area contributed by atoms with Gasteiger partial charge in [-0.25, -0.2) is 4.98 Å². The fraction of sp³-hybridized carbons (Fsp3) is 0.562. The fourth-order valence-corrected chi connectivity index (χ4v) is 7.81. The van der Waals surface area contributed by atoms with Gasteiger partial charge in [-0.3, -0.25) is 14.3 Å². The Bertz CT molecular complexity index is 1560. The second-order valence-electron chi connectivity index (χ2n) is 12.8. The monoisotopic (exact) mass is 569 g/mol. The SMILES string of the molecule is Cn1ncc2cc(CNC(=O)[C@@H]3C[C@@H](Cc4ncc(C5CC5)o4)C4=C(N5CCCC5)[C@H]5CCCN[C@H]5C(=O)N43)ccc21. The van der Waals surface area contributed by atoms with Gasteiger partial charge in [0, 0.05) is 67.6 Å². The summed E-state index contributed by atoms with van der Waals surface area (Å²) in [5.74, 6) is 2.29. The van der Waals surface area contributed by atoms with Crippen molar-refractivity contribution in [1.29, 1.82) is 0 Å². The van der Waals surface area contributed by atoms with E-state index in [1.54, 1.807) is 0 Å². The first kappa shape index (κ1) is 26.0. The molecule has 4 atom stereocenters. The van der Waals surface area contributed by atoms with E-state index >= 15 is 0 Å². The van der Waals surface area contributed by atoms with E-state index in [1.165, 1.54) is 5.70 Å². The summed E-state index contributed by atoms with van der Waals surface area (Å²) in [6.07, 6.45) is 11.6. The summed E-state index contributed by atoms with van der Waals surface area (Å²) in [5, 5.41) is 12.1. The van der Waals surface area contributed by atoms with Crippen molar-refractivity contribution in [2.24, 2.45) is 18.9 Å². The van der Waals surface area contributed by atoms with Crippen LogP contribution in [0.2, 0.25) is 0 Å². The zero-order chi connectivity index (χ0) is 28.4. The molecule has 2 amide bonds. The minimum absolute atomic E-state index is 0.000577. The number of aryl methyl sites for hydroxylation is 1. The predicted octanol–water partition coefficient (Wildman–Crippen LogP) is 3.20. The number of nitrogens with one attached hydrogen (secondary N) is 2. The molecule has 3 aromatic rings. The highest BCUT2D eigenvalue weighted by atomic mass is 16.4. The Morgan fingerprint density at radius 3 is 2.81 bits per heavy atom. The van der Waals surface area contributed by atoms with Crippen molar-refractivity contribution in [1.82, 2.24) is 35.2 Å². The second-order valence-corrected chi connectivity index (χ2v) is 12.8. The molecule has 4 fully saturated rings. The van der Waals surface area contributed by atoms with Crippen molar-refractivity contribution >= 4 is 22.7 Å². The third-order valence-electron chi connectivity index (χ3n) is 10.0. The van der Waals surface area contributed by atoms with Crippen molar-refractivity contribution in [2.75, 3.05) is 19.6 Å². The molecule has 0 bridgehead atoms. The number of hydrogen-bond donors (Lipinski definition) is 2. The Morgan fingerprint density at radius 2 is 1.98 bits per heavy atom. The molecule has 2 N–H and O–H groups in total. The van der Waals surface area contributed by atoms with Crippen molar-refractivity contribution in [3.63, 3.8) is 0 Å². The number of oxazole rings is 1. The molecule has 1 aromatic carbocycles. The van der Waals surface area contributed by atoms with Gasteiger partial charge >= 0.3 is 0 Å². The summed E-state index contributed by atoms with van der Waals surface area (Å²) in [6, 6.07) is 5.30. The molecule has 5 aliphatic rings. The largest absolute Gasteiger partial charge is 0.445 e. The molecule has 4 aliphatic heterocycles. The average molecular weight is 570 g/mol. The Kier molecular flexibility index (Phi) is 6.35. The fourth-order valence-electron chi connectivity index (χ4n) is 7.81. The quantitative estimate of drug-likeness (QED) is 0.450. The summed E-state index contributed by atoms with van der Waals surface area (Å²) < 4.78 is 8.06. The molecule has 42 heavy (non-hydrogen) atoms. The van der Waals surface area contributed by atoms with E-state index in [-0.39, 0.29) is 29.7 Å². The van der Waals surface area contributed by atoms with Crippen LogP contribution < -0.4 is 10.6 Å². The molecule has 10 nitrogen and oxygen atoms in total. The zero-order valence-electron chi connectivity index (χ0n) is 24.2. The number of likely N-dealkylation sites (tertiary alicyclic amines) is 1. The molecule has 0 radical (unpaired) electrons. The first-order chi connectivity index (χ1) is 20.5. The van der Waals surface area contributed by atoms with Gasteiger partial charge in [-0.15, -0.1) is 0 Å². The molecule has 2 aromatic heterocycles. The topological polar surface area (TPSA) is 109 Å². The van der Waals surface area contributed by atoms with Crippen molar-refractivity contribution in [2.45, 2.75) is 75.9 Å². The number of aromatic nitrogens is 3. The van der Waals surface area contributed by atoms with Crippen LogP contribution >= 0.6 is 0 Å². The molecule has 3 saturated heterocycles. The van der Waals surface area contributed by atoms with Crippen molar-refractivity contribution in [3.8, 4) is 0 Å². The average Bonchev–Trinajstić information content (AvgIpc) is 3.36. The Hall–Kier alpha value is -3.66. The second kappa shape index (κ2) is 10.3. The predicted molar refractivity (Wildman–Crippen MR) is 156 cm³/mol. The Morgan fingerprint density at radius 1 is 1.12 bits per heavy atom. The normalized spacial score (nSPS) is 27.6. The van der Waals surface area contributed by atoms with Gasteiger partial charge in [-0.05, 0) is 69.2 Å². The first-order valence-corrected chi connectivity index (χ1v) is 15.7.